The van der Waals surface area contributed by atoms with Crippen LogP contribution < -0.4 is 10.6 Å². The summed E-state index contributed by atoms with van der Waals surface area (Å²) in [5, 5.41) is 0. The van der Waals surface area contributed by atoms with E-state index in [0.717, 1.165) is 24.3 Å². The Labute approximate surface area is 190 Å². The minimum absolute atomic E-state index is 0. The lowest BCUT2D eigenvalue weighted by atomic mass is 9.83. The number of anilines is 1. The molecule has 3 rings (SSSR count). The zero-order chi connectivity index (χ0) is 21.7. The van der Waals surface area contributed by atoms with Gasteiger partial charge in [0.2, 0.25) is 0 Å². The van der Waals surface area contributed by atoms with Crippen LogP contribution in [0.15, 0.2) is 54.6 Å². The smallest absolute Gasteiger partial charge is 0.410 e. The fraction of sp³-hybridized carbons (Fsp3) is 0.417. The van der Waals surface area contributed by atoms with E-state index in [2.05, 4.69) is 4.90 Å². The maximum Gasteiger partial charge on any atom is 0.410 e. The van der Waals surface area contributed by atoms with Crippen LogP contribution in [0.1, 0.15) is 36.7 Å². The van der Waals surface area contributed by atoms with Gasteiger partial charge in [-0.25, -0.2) is 4.79 Å². The highest BCUT2D eigenvalue weighted by molar-refractivity contribution is 6.00. The number of Topliss-reactive ketones (excluding diaryl/α,β-unsaturated/α-hetero) is 1. The quantitative estimate of drug-likeness (QED) is 0.700. The van der Waals surface area contributed by atoms with Crippen LogP contribution in [0.5, 0.6) is 0 Å². The third-order valence-corrected chi connectivity index (χ3v) is 5.48. The van der Waals surface area contributed by atoms with Crippen LogP contribution in [-0.2, 0) is 11.3 Å². The van der Waals surface area contributed by atoms with Crippen molar-refractivity contribution in [3.8, 4) is 0 Å². The second kappa shape index (κ2) is 10.6. The lowest BCUT2D eigenvalue weighted by Gasteiger charge is -2.35. The molecule has 2 N–H and O–H groups in total. The Bertz CT molecular complexity index is 858. The van der Waals surface area contributed by atoms with Gasteiger partial charge in [0, 0.05) is 37.4 Å². The van der Waals surface area contributed by atoms with Gasteiger partial charge < -0.3 is 20.3 Å². The first-order valence-electron chi connectivity index (χ1n) is 10.4. The summed E-state index contributed by atoms with van der Waals surface area (Å²) < 4.78 is 5.42. The summed E-state index contributed by atoms with van der Waals surface area (Å²) >= 11 is 0. The zero-order valence-corrected chi connectivity index (χ0v) is 19.2. The molecule has 0 aliphatic carbocycles. The monoisotopic (exact) mass is 445 g/mol. The molecule has 1 aliphatic heterocycles. The highest BCUT2D eigenvalue weighted by Crippen LogP contribution is 2.23. The first-order valence-corrected chi connectivity index (χ1v) is 10.4. The standard InChI is InChI=1S/C24H31N3O3.ClH/c1-24(2,3)22(25)21(28)19-9-11-20(12-10-19)26-13-15-27(16-14-26)23(29)30-17-18-7-5-4-6-8-18;/h4-12,22H,13-17,25H2,1-3H3;1H. The molecular formula is C24H32ClN3O3. The number of ketones is 1. The highest BCUT2D eigenvalue weighted by Gasteiger charge is 2.28. The maximum atomic E-state index is 12.6. The van der Waals surface area contributed by atoms with E-state index in [1.165, 1.54) is 0 Å². The van der Waals surface area contributed by atoms with Crippen LogP contribution in [0.25, 0.3) is 0 Å². The van der Waals surface area contributed by atoms with Gasteiger partial charge in [-0.3, -0.25) is 4.79 Å². The molecule has 31 heavy (non-hydrogen) atoms. The first kappa shape index (κ1) is 24.7. The van der Waals surface area contributed by atoms with Crippen LogP contribution >= 0.6 is 12.4 Å². The largest absolute Gasteiger partial charge is 0.445 e. The average molecular weight is 446 g/mol. The van der Waals surface area contributed by atoms with E-state index in [4.69, 9.17) is 10.5 Å². The van der Waals surface area contributed by atoms with Crippen LogP contribution in [0.2, 0.25) is 0 Å². The topological polar surface area (TPSA) is 75.9 Å². The number of hydrogen-bond donors (Lipinski definition) is 1. The number of benzene rings is 2. The molecule has 7 heteroatoms. The molecule has 6 nitrogen and oxygen atoms in total. The summed E-state index contributed by atoms with van der Waals surface area (Å²) in [6.07, 6.45) is -0.282. The van der Waals surface area contributed by atoms with E-state index < -0.39 is 6.04 Å². The van der Waals surface area contributed by atoms with Gasteiger partial charge in [-0.2, -0.15) is 0 Å². The number of carbonyl (C=O) groups excluding carboxylic acids is 2. The molecule has 0 spiro atoms. The Hall–Kier alpha value is -2.57. The summed E-state index contributed by atoms with van der Waals surface area (Å²) in [4.78, 5) is 28.8. The van der Waals surface area contributed by atoms with Crippen molar-refractivity contribution in [1.29, 1.82) is 0 Å². The molecule has 1 aliphatic rings. The van der Waals surface area contributed by atoms with Crippen molar-refractivity contribution < 1.29 is 14.3 Å². The summed E-state index contributed by atoms with van der Waals surface area (Å²) in [6, 6.07) is 16.7. The molecule has 0 bridgehead atoms. The number of ether oxygens (including phenoxy) is 1. The molecule has 0 aromatic heterocycles. The fourth-order valence-electron chi connectivity index (χ4n) is 3.37. The van der Waals surface area contributed by atoms with Crippen molar-refractivity contribution in [2.45, 2.75) is 33.4 Å². The van der Waals surface area contributed by atoms with Gasteiger partial charge in [0.1, 0.15) is 6.61 Å². The van der Waals surface area contributed by atoms with Gasteiger partial charge in [0.05, 0.1) is 6.04 Å². The number of hydrogen-bond acceptors (Lipinski definition) is 5. The average Bonchev–Trinajstić information content (AvgIpc) is 2.77. The van der Waals surface area contributed by atoms with Gasteiger partial charge in [-0.15, -0.1) is 12.4 Å². The number of halogens is 1. The van der Waals surface area contributed by atoms with Crippen molar-refractivity contribution in [3.05, 3.63) is 65.7 Å². The van der Waals surface area contributed by atoms with E-state index in [9.17, 15) is 9.59 Å². The Morgan fingerprint density at radius 3 is 2.10 bits per heavy atom. The van der Waals surface area contributed by atoms with E-state index in [1.54, 1.807) is 4.90 Å². The third-order valence-electron chi connectivity index (χ3n) is 5.48. The van der Waals surface area contributed by atoms with Crippen LogP contribution in [-0.4, -0.2) is 49.0 Å². The lowest BCUT2D eigenvalue weighted by molar-refractivity contribution is 0.0899. The Morgan fingerprint density at radius 1 is 0.968 bits per heavy atom. The second-order valence-corrected chi connectivity index (χ2v) is 8.77. The molecule has 2 aromatic carbocycles. The minimum atomic E-state index is -0.534. The Balaban J connectivity index is 0.00000341. The zero-order valence-electron chi connectivity index (χ0n) is 18.4. The summed E-state index contributed by atoms with van der Waals surface area (Å²) in [5.41, 5.74) is 8.47. The number of nitrogens with two attached hydrogens (primary N) is 1. The van der Waals surface area contributed by atoms with Gasteiger partial charge in [-0.05, 0) is 35.2 Å². The number of carbonyl (C=O) groups is 2. The Kier molecular flexibility index (Phi) is 8.48. The van der Waals surface area contributed by atoms with Crippen LogP contribution in [0.4, 0.5) is 10.5 Å². The molecule has 1 saturated heterocycles. The van der Waals surface area contributed by atoms with E-state index in [0.29, 0.717) is 18.7 Å². The highest BCUT2D eigenvalue weighted by atomic mass is 35.5. The molecule has 1 atom stereocenters. The second-order valence-electron chi connectivity index (χ2n) is 8.77. The molecule has 0 radical (unpaired) electrons. The minimum Gasteiger partial charge on any atom is -0.445 e. The van der Waals surface area contributed by atoms with Crippen molar-refractivity contribution in [1.82, 2.24) is 4.90 Å². The molecule has 1 heterocycles. The fourth-order valence-corrected chi connectivity index (χ4v) is 3.37. The molecule has 0 saturated carbocycles. The van der Waals surface area contributed by atoms with Crippen molar-refractivity contribution in [2.75, 3.05) is 31.1 Å². The Morgan fingerprint density at radius 2 is 1.55 bits per heavy atom. The summed E-state index contributed by atoms with van der Waals surface area (Å²) in [5.74, 6) is -0.0416. The third kappa shape index (κ3) is 6.45. The summed E-state index contributed by atoms with van der Waals surface area (Å²) in [6.45, 7) is 8.82. The van der Waals surface area contributed by atoms with Gasteiger partial charge >= 0.3 is 6.09 Å². The maximum absolute atomic E-state index is 12.6. The molecule has 168 valence electrons. The predicted octanol–water partition coefficient (Wildman–Crippen LogP) is 4.12. The normalized spacial score (nSPS) is 15.1. The van der Waals surface area contributed by atoms with Crippen LogP contribution in [0.3, 0.4) is 0 Å². The number of piperazine rings is 1. The molecule has 1 fully saturated rings. The van der Waals surface area contributed by atoms with Crippen molar-refractivity contribution >= 4 is 30.0 Å². The van der Waals surface area contributed by atoms with Crippen molar-refractivity contribution in [2.24, 2.45) is 11.1 Å². The van der Waals surface area contributed by atoms with Gasteiger partial charge in [-0.1, -0.05) is 51.1 Å². The molecule has 1 amide bonds. The first-order chi connectivity index (χ1) is 14.3. The predicted molar refractivity (Wildman–Crippen MR) is 126 cm³/mol. The summed E-state index contributed by atoms with van der Waals surface area (Å²) in [7, 11) is 0. The molecule has 2 aromatic rings. The lowest BCUT2D eigenvalue weighted by Crippen LogP contribution is -2.49. The molecule has 1 unspecified atom stereocenters. The van der Waals surface area contributed by atoms with Crippen molar-refractivity contribution in [3.63, 3.8) is 0 Å². The number of nitrogens with zero attached hydrogens (tertiary/aromatic N) is 2. The van der Waals surface area contributed by atoms with Gasteiger partial charge in [0.15, 0.2) is 5.78 Å². The number of rotatable bonds is 5. The van der Waals surface area contributed by atoms with Gasteiger partial charge in [0.25, 0.3) is 0 Å². The SMILES string of the molecule is CC(C)(C)C(N)C(=O)c1ccc(N2CCN(C(=O)OCc3ccccc3)CC2)cc1.Cl. The van der Waals surface area contributed by atoms with Crippen LogP contribution in [0, 0.1) is 5.41 Å². The number of amides is 1. The molecular weight excluding hydrogens is 414 g/mol. The van der Waals surface area contributed by atoms with E-state index >= 15 is 0 Å². The van der Waals surface area contributed by atoms with E-state index in [1.807, 2.05) is 75.4 Å². The van der Waals surface area contributed by atoms with E-state index in [-0.39, 0.29) is 36.3 Å².